The number of rotatable bonds is 5. The zero-order valence-corrected chi connectivity index (χ0v) is 19.1. The molecular weight excluding hydrogens is 456 g/mol. The Morgan fingerprint density at radius 1 is 1.20 bits per heavy atom. The number of aryl methyl sites for hydroxylation is 1. The lowest BCUT2D eigenvalue weighted by Crippen LogP contribution is -2.57. The Morgan fingerprint density at radius 3 is 2.74 bits per heavy atom. The molecule has 4 atom stereocenters. The molecule has 0 unspecified atom stereocenters. The normalized spacial score (nSPS) is 25.6. The predicted octanol–water partition coefficient (Wildman–Crippen LogP) is 2.34. The number of phenols is 1. The van der Waals surface area contributed by atoms with E-state index in [1.165, 1.54) is 25.2 Å². The number of hydrogen-bond donors (Lipinski definition) is 2. The number of nitrogens with one attached hydrogen (secondary N) is 1. The summed E-state index contributed by atoms with van der Waals surface area (Å²) >= 11 is 0. The maximum atomic E-state index is 15.3. The molecule has 3 fully saturated rings. The number of halogens is 2. The van der Waals surface area contributed by atoms with Crippen molar-refractivity contribution in [2.24, 2.45) is 7.05 Å². The third kappa shape index (κ3) is 3.93. The molecular formula is C24H25F2N7O2. The second-order valence-electron chi connectivity index (χ2n) is 9.64. The fraction of sp³-hybridized carbons (Fsp3) is 0.458. The lowest BCUT2D eigenvalue weighted by Gasteiger charge is -2.40. The minimum atomic E-state index is -0.976. The van der Waals surface area contributed by atoms with Crippen LogP contribution < -0.4 is 15.9 Å². The summed E-state index contributed by atoms with van der Waals surface area (Å²) in [6, 6.07) is 4.58. The van der Waals surface area contributed by atoms with Crippen LogP contribution in [0, 0.1) is 5.82 Å². The largest absolute Gasteiger partial charge is 0.507 e. The summed E-state index contributed by atoms with van der Waals surface area (Å²) in [4.78, 5) is 22.0. The summed E-state index contributed by atoms with van der Waals surface area (Å²) in [7, 11) is 1.41. The maximum absolute atomic E-state index is 15.3. The topological polar surface area (TPSA) is 109 Å². The Morgan fingerprint density at radius 2 is 2.03 bits per heavy atom. The molecule has 0 radical (unpaired) electrons. The third-order valence-electron chi connectivity index (χ3n) is 7.22. The molecule has 0 amide bonds. The van der Waals surface area contributed by atoms with Gasteiger partial charge in [-0.2, -0.15) is 4.98 Å². The molecule has 35 heavy (non-hydrogen) atoms. The highest BCUT2D eigenvalue weighted by Crippen LogP contribution is 2.40. The Labute approximate surface area is 199 Å². The van der Waals surface area contributed by atoms with Crippen molar-refractivity contribution >= 4 is 5.82 Å². The summed E-state index contributed by atoms with van der Waals surface area (Å²) in [6.07, 6.45) is 6.21. The first-order valence-electron chi connectivity index (χ1n) is 11.8. The summed E-state index contributed by atoms with van der Waals surface area (Å²) in [5.74, 6) is -0.156. The Kier molecular flexibility index (Phi) is 5.24. The number of aromatic hydroxyl groups is 1. The van der Waals surface area contributed by atoms with Gasteiger partial charge in [0.25, 0.3) is 0 Å². The SMILES string of the molecule is Cn1cc(F)c(-c2ccc(-c3ncc(N(C4CC4)[C@H]4C[C@@H]5CC[C@@H](N5)[C@H]4F)nn3)c(O)c2)nc1=O. The molecule has 2 bridgehead atoms. The number of hydrogen-bond acceptors (Lipinski definition) is 8. The van der Waals surface area contributed by atoms with Gasteiger partial charge < -0.3 is 15.3 Å². The molecule has 3 aliphatic rings. The van der Waals surface area contributed by atoms with Crippen LogP contribution in [0.3, 0.4) is 0 Å². The van der Waals surface area contributed by atoms with Crippen LogP contribution in [0.15, 0.2) is 35.4 Å². The molecule has 1 saturated carbocycles. The molecule has 4 heterocycles. The first-order chi connectivity index (χ1) is 16.9. The van der Waals surface area contributed by atoms with Gasteiger partial charge in [0.15, 0.2) is 17.5 Å². The van der Waals surface area contributed by atoms with Crippen molar-refractivity contribution in [1.82, 2.24) is 30.0 Å². The molecule has 3 aromatic rings. The molecule has 2 aliphatic heterocycles. The van der Waals surface area contributed by atoms with E-state index < -0.39 is 17.7 Å². The second-order valence-corrected chi connectivity index (χ2v) is 9.64. The number of piperidine rings is 1. The quantitative estimate of drug-likeness (QED) is 0.572. The minimum absolute atomic E-state index is 0.111. The average Bonchev–Trinajstić information content (AvgIpc) is 3.59. The van der Waals surface area contributed by atoms with Crippen molar-refractivity contribution in [3.8, 4) is 28.4 Å². The van der Waals surface area contributed by atoms with Gasteiger partial charge >= 0.3 is 5.69 Å². The van der Waals surface area contributed by atoms with Crippen molar-refractivity contribution < 1.29 is 13.9 Å². The molecule has 9 nitrogen and oxygen atoms in total. The number of benzene rings is 1. The van der Waals surface area contributed by atoms with E-state index in [1.807, 2.05) is 4.90 Å². The zero-order chi connectivity index (χ0) is 24.3. The number of phenolic OH excluding ortho intramolecular Hbond substituents is 1. The number of anilines is 1. The van der Waals surface area contributed by atoms with Gasteiger partial charge in [0.2, 0.25) is 0 Å². The van der Waals surface area contributed by atoms with Gasteiger partial charge in [0.1, 0.15) is 17.6 Å². The molecule has 1 aromatic carbocycles. The smallest absolute Gasteiger partial charge is 0.348 e. The molecule has 2 saturated heterocycles. The number of aromatic nitrogens is 5. The van der Waals surface area contributed by atoms with Crippen molar-refractivity contribution in [3.63, 3.8) is 0 Å². The lowest BCUT2D eigenvalue weighted by atomic mass is 9.96. The third-order valence-corrected chi connectivity index (χ3v) is 7.22. The summed E-state index contributed by atoms with van der Waals surface area (Å²) in [5.41, 5.74) is -0.203. The monoisotopic (exact) mass is 481 g/mol. The summed E-state index contributed by atoms with van der Waals surface area (Å²) in [5, 5.41) is 22.5. The Hall–Kier alpha value is -3.47. The van der Waals surface area contributed by atoms with E-state index in [9.17, 15) is 14.3 Å². The van der Waals surface area contributed by atoms with Crippen molar-refractivity contribution in [2.45, 2.75) is 62.4 Å². The lowest BCUT2D eigenvalue weighted by molar-refractivity contribution is 0.171. The van der Waals surface area contributed by atoms with Gasteiger partial charge in [0, 0.05) is 36.9 Å². The Balaban J connectivity index is 1.28. The minimum Gasteiger partial charge on any atom is -0.507 e. The highest BCUT2D eigenvalue weighted by atomic mass is 19.1. The molecule has 2 aromatic heterocycles. The van der Waals surface area contributed by atoms with Gasteiger partial charge in [-0.05, 0) is 44.2 Å². The Bertz CT molecular complexity index is 1330. The van der Waals surface area contributed by atoms with E-state index in [0.29, 0.717) is 17.4 Å². The highest BCUT2D eigenvalue weighted by Gasteiger charge is 2.48. The van der Waals surface area contributed by atoms with E-state index in [0.717, 1.165) is 42.9 Å². The summed E-state index contributed by atoms with van der Waals surface area (Å²) in [6.45, 7) is 0. The first kappa shape index (κ1) is 22.0. The van der Waals surface area contributed by atoms with Crippen molar-refractivity contribution in [3.05, 3.63) is 46.9 Å². The molecule has 182 valence electrons. The van der Waals surface area contributed by atoms with Gasteiger partial charge in [-0.15, -0.1) is 10.2 Å². The molecule has 0 spiro atoms. The van der Waals surface area contributed by atoms with Crippen LogP contribution in [-0.4, -0.2) is 60.2 Å². The van der Waals surface area contributed by atoms with Gasteiger partial charge in [-0.1, -0.05) is 6.07 Å². The van der Waals surface area contributed by atoms with Crippen molar-refractivity contribution in [2.75, 3.05) is 4.90 Å². The summed E-state index contributed by atoms with van der Waals surface area (Å²) < 4.78 is 30.6. The maximum Gasteiger partial charge on any atom is 0.348 e. The molecule has 11 heteroatoms. The van der Waals surface area contributed by atoms with Gasteiger partial charge in [-0.3, -0.25) is 4.57 Å². The standard InChI is InChI=1S/C24H25F2N7O2/c1-32-11-16(25)22(29-24(32)35)12-2-6-15(19(34)8-12)23-27-10-20(30-31-23)33(14-4-5-14)18-9-13-3-7-17(28-13)21(18)26/h2,6,8,10-11,13-14,17-18,21,28,34H,3-5,7,9H2,1H3/t13-,17+,18-,21+/m0/s1. The molecule has 2 N–H and O–H groups in total. The second kappa shape index (κ2) is 8.33. The van der Waals surface area contributed by atoms with Crippen LogP contribution >= 0.6 is 0 Å². The average molecular weight is 482 g/mol. The van der Waals surface area contributed by atoms with E-state index in [2.05, 4.69) is 25.5 Å². The van der Waals surface area contributed by atoms with Crippen LogP contribution in [-0.2, 0) is 7.05 Å². The number of fused-ring (bicyclic) bond motifs is 2. The van der Waals surface area contributed by atoms with E-state index in [-0.39, 0.29) is 41.0 Å². The van der Waals surface area contributed by atoms with Crippen LogP contribution in [0.1, 0.15) is 32.1 Å². The fourth-order valence-electron chi connectivity index (χ4n) is 5.32. The first-order valence-corrected chi connectivity index (χ1v) is 11.8. The van der Waals surface area contributed by atoms with Crippen molar-refractivity contribution in [1.29, 1.82) is 0 Å². The van der Waals surface area contributed by atoms with E-state index >= 15 is 4.39 Å². The van der Waals surface area contributed by atoms with Crippen LogP contribution in [0.2, 0.25) is 0 Å². The van der Waals surface area contributed by atoms with Gasteiger partial charge in [0.05, 0.1) is 17.8 Å². The van der Waals surface area contributed by atoms with Crippen LogP contribution in [0.25, 0.3) is 22.6 Å². The van der Waals surface area contributed by atoms with E-state index in [4.69, 9.17) is 0 Å². The zero-order valence-electron chi connectivity index (χ0n) is 19.1. The van der Waals surface area contributed by atoms with Gasteiger partial charge in [-0.25, -0.2) is 18.6 Å². The molecule has 1 aliphatic carbocycles. The predicted molar refractivity (Wildman–Crippen MR) is 124 cm³/mol. The number of alkyl halides is 1. The van der Waals surface area contributed by atoms with E-state index in [1.54, 1.807) is 6.20 Å². The number of nitrogens with zero attached hydrogens (tertiary/aromatic N) is 6. The highest BCUT2D eigenvalue weighted by molar-refractivity contribution is 5.71. The van der Waals surface area contributed by atoms with Crippen LogP contribution in [0.4, 0.5) is 14.6 Å². The van der Waals surface area contributed by atoms with Crippen LogP contribution in [0.5, 0.6) is 5.75 Å². The molecule has 6 rings (SSSR count). The fourth-order valence-corrected chi connectivity index (χ4v) is 5.32.